The van der Waals surface area contributed by atoms with Crippen LogP contribution in [0.3, 0.4) is 0 Å². The van der Waals surface area contributed by atoms with Gasteiger partial charge >= 0.3 is 12.2 Å². The van der Waals surface area contributed by atoms with Gasteiger partial charge in [0.05, 0.1) is 6.20 Å². The molecule has 2 heterocycles. The van der Waals surface area contributed by atoms with Crippen LogP contribution >= 0.6 is 0 Å². The molecule has 2 rings (SSSR count). The third-order valence-electron chi connectivity index (χ3n) is 2.58. The summed E-state index contributed by atoms with van der Waals surface area (Å²) in [7, 11) is 0. The van der Waals surface area contributed by atoms with E-state index in [1.165, 1.54) is 6.07 Å². The van der Waals surface area contributed by atoms with Crippen LogP contribution in [0.25, 0.3) is 0 Å². The van der Waals surface area contributed by atoms with Gasteiger partial charge in [0.15, 0.2) is 11.6 Å². The van der Waals surface area contributed by atoms with Gasteiger partial charge in [-0.2, -0.15) is 18.2 Å². The molecule has 0 bridgehead atoms. The van der Waals surface area contributed by atoms with Crippen molar-refractivity contribution >= 4 is 5.82 Å². The number of pyridine rings is 1. The second-order valence-electron chi connectivity index (χ2n) is 4.12. The highest BCUT2D eigenvalue weighted by Crippen LogP contribution is 2.28. The number of anilines is 1. The molecule has 9 heteroatoms. The molecule has 0 fully saturated rings. The van der Waals surface area contributed by atoms with E-state index >= 15 is 0 Å². The minimum absolute atomic E-state index is 0.179. The largest absolute Gasteiger partial charge is 0.455 e. The molecule has 0 aliphatic rings. The summed E-state index contributed by atoms with van der Waals surface area (Å²) in [6.45, 7) is 1.56. The first-order valence-electron chi connectivity index (χ1n) is 5.75. The zero-order valence-electron chi connectivity index (χ0n) is 10.7. The predicted octanol–water partition coefficient (Wildman–Crippen LogP) is 2.75. The molecule has 0 aromatic carbocycles. The summed E-state index contributed by atoms with van der Waals surface area (Å²) in [5.74, 6) is -1.16. The number of nitrogens with zero attached hydrogens (tertiary/aromatic N) is 3. The number of rotatable bonds is 3. The van der Waals surface area contributed by atoms with Crippen LogP contribution in [0.1, 0.15) is 24.3 Å². The summed E-state index contributed by atoms with van der Waals surface area (Å²) >= 11 is 0. The Kier molecular flexibility index (Phi) is 3.92. The van der Waals surface area contributed by atoms with E-state index in [4.69, 9.17) is 10.5 Å². The highest BCUT2D eigenvalue weighted by Gasteiger charge is 2.32. The lowest BCUT2D eigenvalue weighted by atomic mass is 10.2. The lowest BCUT2D eigenvalue weighted by molar-refractivity contribution is -0.141. The molecule has 2 aromatic heterocycles. The van der Waals surface area contributed by atoms with Crippen molar-refractivity contribution in [1.82, 2.24) is 15.0 Å². The minimum Gasteiger partial charge on any atom is -0.455 e. The van der Waals surface area contributed by atoms with Gasteiger partial charge < -0.3 is 10.5 Å². The molecular weight excluding hydrogens is 292 g/mol. The quantitative estimate of drug-likeness (QED) is 0.882. The molecule has 1 atom stereocenters. The fourth-order valence-electron chi connectivity index (χ4n) is 1.46. The lowest BCUT2D eigenvalue weighted by Gasteiger charge is -2.14. The van der Waals surface area contributed by atoms with Gasteiger partial charge in [-0.25, -0.2) is 9.37 Å². The van der Waals surface area contributed by atoms with Gasteiger partial charge in [-0.1, -0.05) is 6.07 Å². The molecule has 0 saturated heterocycles. The van der Waals surface area contributed by atoms with E-state index in [-0.39, 0.29) is 11.8 Å². The van der Waals surface area contributed by atoms with Crippen molar-refractivity contribution in [1.29, 1.82) is 0 Å². The molecule has 2 N–H and O–H groups in total. The van der Waals surface area contributed by atoms with Crippen LogP contribution in [-0.2, 0) is 6.18 Å². The molecule has 0 radical (unpaired) electrons. The van der Waals surface area contributed by atoms with Crippen LogP contribution in [0, 0.1) is 5.82 Å². The van der Waals surface area contributed by atoms with Gasteiger partial charge in [0.1, 0.15) is 11.8 Å². The molecule has 0 saturated carbocycles. The van der Waals surface area contributed by atoms with Crippen LogP contribution in [0.4, 0.5) is 23.4 Å². The van der Waals surface area contributed by atoms with Crippen molar-refractivity contribution < 1.29 is 22.3 Å². The second kappa shape index (κ2) is 5.51. The Bertz CT molecular complexity index is 630. The van der Waals surface area contributed by atoms with Crippen molar-refractivity contribution in [3.63, 3.8) is 0 Å². The average Bonchev–Trinajstić information content (AvgIpc) is 2.42. The van der Waals surface area contributed by atoms with E-state index in [9.17, 15) is 17.6 Å². The van der Waals surface area contributed by atoms with E-state index in [0.717, 1.165) is 18.5 Å². The maximum atomic E-state index is 12.9. The average molecular weight is 302 g/mol. The summed E-state index contributed by atoms with van der Waals surface area (Å²) in [6.07, 6.45) is -3.29. The highest BCUT2D eigenvalue weighted by molar-refractivity contribution is 5.29. The zero-order chi connectivity index (χ0) is 15.6. The summed E-state index contributed by atoms with van der Waals surface area (Å²) in [5, 5.41) is 0. The molecule has 1 unspecified atom stereocenters. The standard InChI is InChI=1S/C12H10F4N4O/c1-6(21-11-19-5-8(13)10(17)20-11)7-2-3-9(18-4-7)12(14,15)16/h2-6H,1H3,(H2,17,19,20). The van der Waals surface area contributed by atoms with Crippen LogP contribution in [-0.4, -0.2) is 15.0 Å². The molecule has 5 nitrogen and oxygen atoms in total. The number of aromatic nitrogens is 3. The zero-order valence-corrected chi connectivity index (χ0v) is 10.7. The van der Waals surface area contributed by atoms with E-state index < -0.39 is 23.8 Å². The maximum Gasteiger partial charge on any atom is 0.433 e. The predicted molar refractivity (Wildman–Crippen MR) is 64.7 cm³/mol. The van der Waals surface area contributed by atoms with Gasteiger partial charge in [-0.05, 0) is 13.0 Å². The maximum absolute atomic E-state index is 12.9. The molecule has 21 heavy (non-hydrogen) atoms. The SMILES string of the molecule is CC(Oc1ncc(F)c(N)n1)c1ccc(C(F)(F)F)nc1. The van der Waals surface area contributed by atoms with Crippen LogP contribution in [0.5, 0.6) is 6.01 Å². The van der Waals surface area contributed by atoms with E-state index in [2.05, 4.69) is 15.0 Å². The van der Waals surface area contributed by atoms with Crippen molar-refractivity contribution in [3.8, 4) is 6.01 Å². The first kappa shape index (κ1) is 14.9. The van der Waals surface area contributed by atoms with E-state index in [1.54, 1.807) is 6.92 Å². The normalized spacial score (nSPS) is 13.0. The monoisotopic (exact) mass is 302 g/mol. The molecular formula is C12H10F4N4O. The first-order chi connectivity index (χ1) is 9.77. The van der Waals surface area contributed by atoms with Crippen molar-refractivity contribution in [2.45, 2.75) is 19.2 Å². The van der Waals surface area contributed by atoms with Gasteiger partial charge in [0.25, 0.3) is 0 Å². The number of halogens is 4. The Morgan fingerprint density at radius 3 is 2.43 bits per heavy atom. The third kappa shape index (κ3) is 3.56. The number of alkyl halides is 3. The Morgan fingerprint density at radius 2 is 1.90 bits per heavy atom. The van der Waals surface area contributed by atoms with Crippen molar-refractivity contribution in [3.05, 3.63) is 41.6 Å². The van der Waals surface area contributed by atoms with Crippen LogP contribution in [0.15, 0.2) is 24.5 Å². The Labute approximate surface area is 116 Å². The summed E-state index contributed by atoms with van der Waals surface area (Å²) in [4.78, 5) is 10.5. The van der Waals surface area contributed by atoms with Crippen molar-refractivity contribution in [2.75, 3.05) is 5.73 Å². The van der Waals surface area contributed by atoms with Gasteiger partial charge in [0, 0.05) is 11.8 Å². The smallest absolute Gasteiger partial charge is 0.433 e. The molecule has 0 spiro atoms. The van der Waals surface area contributed by atoms with Gasteiger partial charge in [-0.15, -0.1) is 0 Å². The lowest BCUT2D eigenvalue weighted by Crippen LogP contribution is -2.11. The molecule has 2 aromatic rings. The molecule has 112 valence electrons. The third-order valence-corrected chi connectivity index (χ3v) is 2.58. The summed E-state index contributed by atoms with van der Waals surface area (Å²) in [5.41, 5.74) is 4.64. The summed E-state index contributed by atoms with van der Waals surface area (Å²) < 4.78 is 55.3. The Balaban J connectivity index is 2.13. The Morgan fingerprint density at radius 1 is 1.19 bits per heavy atom. The van der Waals surface area contributed by atoms with Crippen LogP contribution in [0.2, 0.25) is 0 Å². The van der Waals surface area contributed by atoms with Crippen LogP contribution < -0.4 is 10.5 Å². The number of nitrogens with two attached hydrogens (primary N) is 1. The van der Waals surface area contributed by atoms with Gasteiger partial charge in [0.2, 0.25) is 0 Å². The second-order valence-corrected chi connectivity index (χ2v) is 4.12. The minimum atomic E-state index is -4.50. The number of hydrogen-bond acceptors (Lipinski definition) is 5. The Hall–Kier alpha value is -2.45. The molecule has 0 aliphatic carbocycles. The number of nitrogen functional groups attached to an aromatic ring is 1. The molecule has 0 amide bonds. The fourth-order valence-corrected chi connectivity index (χ4v) is 1.46. The van der Waals surface area contributed by atoms with E-state index in [0.29, 0.717) is 5.56 Å². The summed E-state index contributed by atoms with van der Waals surface area (Å²) in [6, 6.07) is 1.89. The fraction of sp³-hybridized carbons (Fsp3) is 0.250. The number of ether oxygens (including phenoxy) is 1. The van der Waals surface area contributed by atoms with E-state index in [1.807, 2.05) is 0 Å². The number of hydrogen-bond donors (Lipinski definition) is 1. The van der Waals surface area contributed by atoms with Crippen molar-refractivity contribution in [2.24, 2.45) is 0 Å². The van der Waals surface area contributed by atoms with Gasteiger partial charge in [-0.3, -0.25) is 4.98 Å². The molecule has 0 aliphatic heterocycles. The highest BCUT2D eigenvalue weighted by atomic mass is 19.4. The first-order valence-corrected chi connectivity index (χ1v) is 5.75. The topological polar surface area (TPSA) is 73.9 Å².